The molecule has 1 unspecified atom stereocenters. The zero-order valence-corrected chi connectivity index (χ0v) is 8.32. The molecule has 0 heterocycles. The molecule has 1 heteroatoms. The van der Waals surface area contributed by atoms with E-state index in [0.29, 0.717) is 5.54 Å². The van der Waals surface area contributed by atoms with Gasteiger partial charge in [-0.2, -0.15) is 0 Å². The number of unbranched alkanes of at least 4 members (excludes halogenated alkanes) is 4. The van der Waals surface area contributed by atoms with Crippen molar-refractivity contribution in [3.8, 4) is 0 Å². The summed E-state index contributed by atoms with van der Waals surface area (Å²) in [7, 11) is 3.59. The third-order valence-electron chi connectivity index (χ3n) is 1.74. The maximum Gasteiger partial charge on any atom is 0.0262 e. The Bertz CT molecular complexity index is 59.7. The second-order valence-electron chi connectivity index (χ2n) is 3.10. The van der Waals surface area contributed by atoms with Gasteiger partial charge in [0, 0.05) is 10.2 Å². The number of hydrogen-bond acceptors (Lipinski definition) is 0. The van der Waals surface area contributed by atoms with E-state index in [0.717, 1.165) is 0 Å². The third-order valence-corrected chi connectivity index (χ3v) is 2.03. The Kier molecular flexibility index (Phi) is 7.48. The molecule has 0 N–H and O–H groups in total. The van der Waals surface area contributed by atoms with Crippen LogP contribution in [-0.4, -0.2) is 10.2 Å². The molecule has 0 saturated heterocycles. The van der Waals surface area contributed by atoms with Crippen LogP contribution in [0.2, 0.25) is 5.54 Å². The molecule has 0 fully saturated rings. The molecule has 0 bridgehead atoms. The molecule has 0 nitrogen and oxygen atoms in total. The molecule has 0 aromatic heterocycles. The van der Waals surface area contributed by atoms with Gasteiger partial charge in [0.2, 0.25) is 0 Å². The summed E-state index contributed by atoms with van der Waals surface area (Å²) >= 11 is 0. The first-order valence-electron chi connectivity index (χ1n) is 4.48. The van der Waals surface area contributed by atoms with Crippen LogP contribution < -0.4 is 0 Å². The van der Waals surface area contributed by atoms with Gasteiger partial charge in [-0.1, -0.05) is 57.9 Å². The van der Waals surface area contributed by atoms with Gasteiger partial charge in [0.05, 0.1) is 0 Å². The van der Waals surface area contributed by atoms with Crippen molar-refractivity contribution in [1.29, 1.82) is 0 Å². The summed E-state index contributed by atoms with van der Waals surface area (Å²) < 4.78 is 0. The fraction of sp³-hybridized carbons (Fsp3) is 1.00. The maximum absolute atomic E-state index is 3.59. The molecule has 59 valence electrons. The Labute approximate surface area is 68.8 Å². The van der Waals surface area contributed by atoms with Gasteiger partial charge in [0.1, 0.15) is 0 Å². The van der Waals surface area contributed by atoms with Crippen LogP contribution in [0, 0.1) is 0 Å². The van der Waals surface area contributed by atoms with Gasteiger partial charge in [-0.3, -0.25) is 0 Å². The van der Waals surface area contributed by atoms with Crippen molar-refractivity contribution in [2.24, 2.45) is 0 Å². The lowest BCUT2D eigenvalue weighted by atomic mass is 10.1. The topological polar surface area (TPSA) is 0 Å². The van der Waals surface area contributed by atoms with Crippen LogP contribution in [0.3, 0.4) is 0 Å². The largest absolute Gasteiger partial charge is 0.0656 e. The molecule has 0 rings (SSSR count). The zero-order valence-electron chi connectivity index (χ0n) is 7.32. The van der Waals surface area contributed by atoms with Gasteiger partial charge in [0.15, 0.2) is 0 Å². The molecule has 0 aliphatic heterocycles. The van der Waals surface area contributed by atoms with E-state index >= 15 is 0 Å². The van der Waals surface area contributed by atoms with Gasteiger partial charge in [-0.15, -0.1) is 0 Å². The molecule has 0 spiro atoms. The number of hydrogen-bond donors (Lipinski definition) is 0. The van der Waals surface area contributed by atoms with Crippen LogP contribution in [0.1, 0.15) is 52.4 Å². The van der Waals surface area contributed by atoms with Gasteiger partial charge < -0.3 is 0 Å². The SMILES string of the molecule is CCCCCCCC(C)[Si]. The normalized spacial score (nSPS) is 13.5. The van der Waals surface area contributed by atoms with Crippen LogP contribution in [0.5, 0.6) is 0 Å². The van der Waals surface area contributed by atoms with Gasteiger partial charge in [-0.25, -0.2) is 0 Å². The second-order valence-corrected chi connectivity index (χ2v) is 4.09. The Morgan fingerprint density at radius 3 is 2.20 bits per heavy atom. The van der Waals surface area contributed by atoms with E-state index in [-0.39, 0.29) is 0 Å². The Morgan fingerprint density at radius 1 is 1.10 bits per heavy atom. The van der Waals surface area contributed by atoms with Gasteiger partial charge >= 0.3 is 0 Å². The minimum Gasteiger partial charge on any atom is -0.0656 e. The van der Waals surface area contributed by atoms with E-state index in [1.807, 2.05) is 0 Å². The summed E-state index contributed by atoms with van der Waals surface area (Å²) in [4.78, 5) is 0. The highest BCUT2D eigenvalue weighted by molar-refractivity contribution is 6.11. The first kappa shape index (κ1) is 10.2. The Morgan fingerprint density at radius 2 is 1.70 bits per heavy atom. The maximum atomic E-state index is 3.59. The van der Waals surface area contributed by atoms with E-state index < -0.39 is 0 Å². The molecule has 0 amide bonds. The molecule has 0 aromatic rings. The summed E-state index contributed by atoms with van der Waals surface area (Å²) in [6.07, 6.45) is 8.34. The van der Waals surface area contributed by atoms with Crippen molar-refractivity contribution in [2.45, 2.75) is 57.9 Å². The smallest absolute Gasteiger partial charge is 0.0262 e. The van der Waals surface area contributed by atoms with Crippen molar-refractivity contribution in [3.63, 3.8) is 0 Å². The summed E-state index contributed by atoms with van der Waals surface area (Å²) in [6.45, 7) is 4.48. The predicted molar refractivity (Wildman–Crippen MR) is 48.6 cm³/mol. The van der Waals surface area contributed by atoms with E-state index in [4.69, 9.17) is 0 Å². The Balaban J connectivity index is 2.77. The molecular formula is C9H19Si. The molecular weight excluding hydrogens is 136 g/mol. The van der Waals surface area contributed by atoms with Gasteiger partial charge in [0.25, 0.3) is 0 Å². The van der Waals surface area contributed by atoms with E-state index in [9.17, 15) is 0 Å². The summed E-state index contributed by atoms with van der Waals surface area (Å²) in [5.41, 5.74) is 0.710. The summed E-state index contributed by atoms with van der Waals surface area (Å²) in [5, 5.41) is 0. The lowest BCUT2D eigenvalue weighted by Crippen LogP contribution is -1.85. The fourth-order valence-electron chi connectivity index (χ4n) is 1.05. The van der Waals surface area contributed by atoms with Crippen molar-refractivity contribution in [2.75, 3.05) is 0 Å². The average Bonchev–Trinajstić information content (AvgIpc) is 1.87. The average molecular weight is 155 g/mol. The minimum atomic E-state index is 0.710. The summed E-state index contributed by atoms with van der Waals surface area (Å²) in [5.74, 6) is 0. The Hall–Kier alpha value is 0.217. The van der Waals surface area contributed by atoms with Crippen molar-refractivity contribution in [3.05, 3.63) is 0 Å². The molecule has 3 radical (unpaired) electrons. The lowest BCUT2D eigenvalue weighted by Gasteiger charge is -2.02. The van der Waals surface area contributed by atoms with E-state index in [2.05, 4.69) is 24.1 Å². The highest BCUT2D eigenvalue weighted by Gasteiger charge is 1.93. The molecule has 0 saturated carbocycles. The van der Waals surface area contributed by atoms with Crippen LogP contribution in [0.4, 0.5) is 0 Å². The van der Waals surface area contributed by atoms with Crippen LogP contribution in [-0.2, 0) is 0 Å². The molecule has 0 aliphatic rings. The first-order chi connectivity index (χ1) is 4.77. The molecule has 10 heavy (non-hydrogen) atoms. The second kappa shape index (κ2) is 7.33. The summed E-state index contributed by atoms with van der Waals surface area (Å²) in [6, 6.07) is 0. The fourth-order valence-corrected chi connectivity index (χ4v) is 1.26. The molecule has 0 aromatic carbocycles. The first-order valence-corrected chi connectivity index (χ1v) is 5.06. The van der Waals surface area contributed by atoms with Crippen molar-refractivity contribution in [1.82, 2.24) is 0 Å². The van der Waals surface area contributed by atoms with Gasteiger partial charge in [-0.05, 0) is 0 Å². The van der Waals surface area contributed by atoms with Crippen molar-refractivity contribution < 1.29 is 0 Å². The minimum absolute atomic E-state index is 0.710. The van der Waals surface area contributed by atoms with Crippen molar-refractivity contribution >= 4 is 10.2 Å². The molecule has 1 atom stereocenters. The predicted octanol–water partition coefficient (Wildman–Crippen LogP) is 3.32. The zero-order chi connectivity index (χ0) is 7.82. The van der Waals surface area contributed by atoms with E-state index in [1.54, 1.807) is 0 Å². The highest BCUT2D eigenvalue weighted by Crippen LogP contribution is 2.11. The standard InChI is InChI=1S/C9H19Si/c1-3-4-5-6-7-8-9(2)10/h9H,3-8H2,1-2H3. The number of rotatable bonds is 6. The van der Waals surface area contributed by atoms with Crippen LogP contribution >= 0.6 is 0 Å². The quantitative estimate of drug-likeness (QED) is 0.408. The van der Waals surface area contributed by atoms with Crippen LogP contribution in [0.15, 0.2) is 0 Å². The molecule has 0 aliphatic carbocycles. The monoisotopic (exact) mass is 155 g/mol. The van der Waals surface area contributed by atoms with Crippen LogP contribution in [0.25, 0.3) is 0 Å². The lowest BCUT2D eigenvalue weighted by molar-refractivity contribution is 0.602. The third kappa shape index (κ3) is 8.22. The highest BCUT2D eigenvalue weighted by atomic mass is 28.1. The van der Waals surface area contributed by atoms with E-state index in [1.165, 1.54) is 38.5 Å².